The minimum Gasteiger partial charge on any atom is -0.334 e. The van der Waals surface area contributed by atoms with E-state index in [0.29, 0.717) is 18.5 Å². The van der Waals surface area contributed by atoms with Gasteiger partial charge in [-0.25, -0.2) is 9.37 Å². The van der Waals surface area contributed by atoms with Crippen LogP contribution in [0, 0.1) is 0 Å². The van der Waals surface area contributed by atoms with Crippen molar-refractivity contribution in [2.24, 2.45) is 7.05 Å². The molecular formula is C21H22FN3O. The van der Waals surface area contributed by atoms with Crippen molar-refractivity contribution in [2.45, 2.75) is 44.2 Å². The van der Waals surface area contributed by atoms with Gasteiger partial charge in [-0.15, -0.1) is 0 Å². The molecule has 3 aromatic rings. The van der Waals surface area contributed by atoms with Crippen molar-refractivity contribution in [2.75, 3.05) is 0 Å². The van der Waals surface area contributed by atoms with Gasteiger partial charge in [0.05, 0.1) is 24.6 Å². The maximum atomic E-state index is 14.9. The lowest BCUT2D eigenvalue weighted by molar-refractivity contribution is -0.132. The number of hydrogen-bond donors (Lipinski definition) is 0. The minimum absolute atomic E-state index is 0.0579. The summed E-state index contributed by atoms with van der Waals surface area (Å²) in [6, 6.07) is 8.01. The topological polar surface area (TPSA) is 47.8 Å². The van der Waals surface area contributed by atoms with Crippen LogP contribution in [0.5, 0.6) is 0 Å². The number of nitrogens with zero attached hydrogens (tertiary/aromatic N) is 3. The highest BCUT2D eigenvalue weighted by atomic mass is 19.1. The molecule has 4 nitrogen and oxygen atoms in total. The fourth-order valence-electron chi connectivity index (χ4n) is 3.79. The number of aryl methyl sites for hydroxylation is 1. The van der Waals surface area contributed by atoms with Crippen LogP contribution in [0.2, 0.25) is 0 Å². The number of halogens is 1. The molecule has 0 aliphatic heterocycles. The first-order chi connectivity index (χ1) is 12.5. The summed E-state index contributed by atoms with van der Waals surface area (Å²) in [6.45, 7) is 0. The highest BCUT2D eigenvalue weighted by Gasteiger charge is 2.39. The van der Waals surface area contributed by atoms with Crippen molar-refractivity contribution in [1.82, 2.24) is 14.5 Å². The molecule has 1 fully saturated rings. The van der Waals surface area contributed by atoms with Gasteiger partial charge in [0.1, 0.15) is 0 Å². The summed E-state index contributed by atoms with van der Waals surface area (Å²) in [6.07, 6.45) is 8.71. The Morgan fingerprint density at radius 1 is 1.15 bits per heavy atom. The van der Waals surface area contributed by atoms with Gasteiger partial charge in [-0.05, 0) is 43.2 Å². The quantitative estimate of drug-likeness (QED) is 0.699. The molecular weight excluding hydrogens is 329 g/mol. The molecule has 1 saturated carbocycles. The number of fused-ring (bicyclic) bond motifs is 1. The Balaban J connectivity index is 1.62. The van der Waals surface area contributed by atoms with E-state index in [1.165, 1.54) is 0 Å². The molecule has 4 rings (SSSR count). The molecule has 1 aliphatic carbocycles. The molecule has 26 heavy (non-hydrogen) atoms. The van der Waals surface area contributed by atoms with Crippen LogP contribution in [-0.4, -0.2) is 26.0 Å². The van der Waals surface area contributed by atoms with Crippen LogP contribution in [0.15, 0.2) is 43.0 Å². The zero-order chi connectivity index (χ0) is 18.1. The van der Waals surface area contributed by atoms with Crippen LogP contribution in [0.25, 0.3) is 22.0 Å². The molecule has 0 bridgehead atoms. The molecule has 5 heteroatoms. The number of Topliss-reactive ketones (excluding diaryl/α,β-unsaturated/α-hetero) is 1. The number of alkyl halides is 1. The van der Waals surface area contributed by atoms with Crippen LogP contribution >= 0.6 is 0 Å². The van der Waals surface area contributed by atoms with Crippen LogP contribution < -0.4 is 0 Å². The number of aromatic nitrogens is 3. The first-order valence-corrected chi connectivity index (χ1v) is 9.13. The Morgan fingerprint density at radius 3 is 2.69 bits per heavy atom. The van der Waals surface area contributed by atoms with E-state index in [4.69, 9.17) is 0 Å². The molecule has 0 saturated heterocycles. The van der Waals surface area contributed by atoms with E-state index in [1.807, 2.05) is 36.0 Å². The Kier molecular flexibility index (Phi) is 4.31. The van der Waals surface area contributed by atoms with Crippen LogP contribution in [0.3, 0.4) is 0 Å². The number of hydrogen-bond acceptors (Lipinski definition) is 3. The Morgan fingerprint density at radius 2 is 1.96 bits per heavy atom. The third-order valence-electron chi connectivity index (χ3n) is 5.38. The summed E-state index contributed by atoms with van der Waals surface area (Å²) < 4.78 is 16.8. The second-order valence-corrected chi connectivity index (χ2v) is 7.25. The van der Waals surface area contributed by atoms with Crippen LogP contribution in [0.4, 0.5) is 4.39 Å². The number of pyridine rings is 1. The molecule has 2 aromatic heterocycles. The van der Waals surface area contributed by atoms with E-state index in [1.54, 1.807) is 12.5 Å². The predicted octanol–water partition coefficient (Wildman–Crippen LogP) is 4.42. The molecule has 1 aliphatic rings. The number of carbonyl (C=O) groups excluding carboxylic acids is 1. The SMILES string of the molecule is Cn1cncc1-c1ccc2cnc(CC(=O)C3(F)CCCCC3)cc2c1. The largest absolute Gasteiger partial charge is 0.334 e. The van der Waals surface area contributed by atoms with Gasteiger partial charge in [0, 0.05) is 29.9 Å². The zero-order valence-electron chi connectivity index (χ0n) is 14.9. The lowest BCUT2D eigenvalue weighted by Gasteiger charge is -2.27. The second-order valence-electron chi connectivity index (χ2n) is 7.25. The van der Waals surface area contributed by atoms with E-state index in [2.05, 4.69) is 16.0 Å². The van der Waals surface area contributed by atoms with Gasteiger partial charge in [-0.1, -0.05) is 18.6 Å². The average molecular weight is 351 g/mol. The first kappa shape index (κ1) is 16.9. The van der Waals surface area contributed by atoms with E-state index < -0.39 is 5.67 Å². The van der Waals surface area contributed by atoms with Crippen molar-refractivity contribution in [1.29, 1.82) is 0 Å². The van der Waals surface area contributed by atoms with E-state index in [-0.39, 0.29) is 12.2 Å². The third kappa shape index (κ3) is 3.14. The van der Waals surface area contributed by atoms with E-state index >= 15 is 0 Å². The molecule has 0 N–H and O–H groups in total. The smallest absolute Gasteiger partial charge is 0.175 e. The highest BCUT2D eigenvalue weighted by Crippen LogP contribution is 2.33. The fraction of sp³-hybridized carbons (Fsp3) is 0.381. The number of benzene rings is 1. The van der Waals surface area contributed by atoms with E-state index in [0.717, 1.165) is 41.3 Å². The second kappa shape index (κ2) is 6.63. The standard InChI is InChI=1S/C21H22FN3O/c1-25-14-23-13-19(25)15-5-6-16-12-24-18(10-17(16)9-15)11-20(26)21(22)7-3-2-4-8-21/h5-6,9-10,12-14H,2-4,7-8,11H2,1H3. The van der Waals surface area contributed by atoms with Gasteiger partial charge >= 0.3 is 0 Å². The third-order valence-corrected chi connectivity index (χ3v) is 5.38. The summed E-state index contributed by atoms with van der Waals surface area (Å²) in [5.74, 6) is -0.327. The normalized spacial score (nSPS) is 16.7. The molecule has 0 spiro atoms. The monoisotopic (exact) mass is 351 g/mol. The van der Waals surface area contributed by atoms with E-state index in [9.17, 15) is 9.18 Å². The maximum absolute atomic E-state index is 14.9. The molecule has 0 amide bonds. The number of ketones is 1. The lowest BCUT2D eigenvalue weighted by atomic mass is 9.82. The average Bonchev–Trinajstić information content (AvgIpc) is 3.07. The van der Waals surface area contributed by atoms with Crippen LogP contribution in [-0.2, 0) is 18.3 Å². The number of carbonyl (C=O) groups is 1. The van der Waals surface area contributed by atoms with Gasteiger partial charge in [0.2, 0.25) is 0 Å². The van der Waals surface area contributed by atoms with Gasteiger partial charge in [0.15, 0.2) is 11.5 Å². The summed E-state index contributed by atoms with van der Waals surface area (Å²) in [4.78, 5) is 21.0. The molecule has 134 valence electrons. The Bertz CT molecular complexity index is 957. The maximum Gasteiger partial charge on any atom is 0.175 e. The molecule has 0 unspecified atom stereocenters. The van der Waals surface area contributed by atoms with Crippen molar-refractivity contribution < 1.29 is 9.18 Å². The van der Waals surface area contributed by atoms with Gasteiger partial charge in [0.25, 0.3) is 0 Å². The lowest BCUT2D eigenvalue weighted by Crippen LogP contribution is -2.37. The molecule has 2 heterocycles. The Labute approximate surface area is 152 Å². The fourth-order valence-corrected chi connectivity index (χ4v) is 3.79. The molecule has 1 aromatic carbocycles. The summed E-state index contributed by atoms with van der Waals surface area (Å²) in [5, 5.41) is 2.00. The molecule has 0 atom stereocenters. The van der Waals surface area contributed by atoms with Gasteiger partial charge in [-0.2, -0.15) is 0 Å². The van der Waals surface area contributed by atoms with Crippen molar-refractivity contribution in [3.05, 3.63) is 48.7 Å². The number of imidazole rings is 1. The van der Waals surface area contributed by atoms with Crippen molar-refractivity contribution >= 4 is 16.6 Å². The summed E-state index contributed by atoms with van der Waals surface area (Å²) >= 11 is 0. The minimum atomic E-state index is -1.66. The van der Waals surface area contributed by atoms with Crippen molar-refractivity contribution in [3.63, 3.8) is 0 Å². The summed E-state index contributed by atoms with van der Waals surface area (Å²) in [7, 11) is 1.95. The predicted molar refractivity (Wildman–Crippen MR) is 99.6 cm³/mol. The van der Waals surface area contributed by atoms with Crippen LogP contribution in [0.1, 0.15) is 37.8 Å². The first-order valence-electron chi connectivity index (χ1n) is 9.13. The molecule has 0 radical (unpaired) electrons. The van der Waals surface area contributed by atoms with Crippen molar-refractivity contribution in [3.8, 4) is 11.3 Å². The number of rotatable bonds is 4. The summed E-state index contributed by atoms with van der Waals surface area (Å²) in [5.41, 5.74) is 1.04. The van der Waals surface area contributed by atoms with Gasteiger partial charge in [-0.3, -0.25) is 9.78 Å². The van der Waals surface area contributed by atoms with Gasteiger partial charge < -0.3 is 4.57 Å². The Hall–Kier alpha value is -2.56. The zero-order valence-corrected chi connectivity index (χ0v) is 14.9. The highest BCUT2D eigenvalue weighted by molar-refractivity contribution is 5.91.